The van der Waals surface area contributed by atoms with Gasteiger partial charge in [0.1, 0.15) is 10.7 Å². The van der Waals surface area contributed by atoms with Gasteiger partial charge >= 0.3 is 0 Å². The molecule has 7 nitrogen and oxygen atoms in total. The molecule has 0 saturated heterocycles. The van der Waals surface area contributed by atoms with Crippen LogP contribution >= 0.6 is 0 Å². The number of sulfonamides is 1. The normalized spacial score (nSPS) is 11.7. The average molecular weight is 299 g/mol. The van der Waals surface area contributed by atoms with Crippen molar-refractivity contribution in [2.24, 2.45) is 0 Å². The topological polar surface area (TPSA) is 103 Å². The first-order chi connectivity index (χ1) is 9.49. The zero-order chi connectivity index (χ0) is 14.6. The summed E-state index contributed by atoms with van der Waals surface area (Å²) in [6.07, 6.45) is 3.71. The largest absolute Gasteiger partial charge is 0.399 e. The van der Waals surface area contributed by atoms with Crippen LogP contribution in [0.25, 0.3) is 0 Å². The van der Waals surface area contributed by atoms with E-state index in [9.17, 15) is 12.8 Å². The first-order valence-corrected chi connectivity index (χ1v) is 7.36. The van der Waals surface area contributed by atoms with E-state index in [1.807, 2.05) is 0 Å². The van der Waals surface area contributed by atoms with Crippen LogP contribution in [0.4, 0.5) is 10.1 Å². The summed E-state index contributed by atoms with van der Waals surface area (Å²) in [5.41, 5.74) is 5.65. The molecule has 0 aliphatic carbocycles. The SMILES string of the molecule is Nc1ccc(F)c(S(=O)(=O)NCCCn2ccnn2)c1. The standard InChI is InChI=1S/C11H14FN5O2S/c12-10-3-2-9(13)8-11(10)20(18,19)15-4-1-6-17-7-5-14-16-17/h2-3,5,7-8,15H,1,4,6,13H2. The third kappa shape index (κ3) is 3.52. The van der Waals surface area contributed by atoms with E-state index >= 15 is 0 Å². The van der Waals surface area contributed by atoms with Crippen LogP contribution in [-0.4, -0.2) is 30.0 Å². The molecule has 20 heavy (non-hydrogen) atoms. The molecule has 108 valence electrons. The van der Waals surface area contributed by atoms with Gasteiger partial charge in [0.25, 0.3) is 0 Å². The Kier molecular flexibility index (Phi) is 4.30. The predicted octanol–water partition coefficient (Wildman–Crippen LogP) is 0.368. The van der Waals surface area contributed by atoms with Crippen molar-refractivity contribution in [2.75, 3.05) is 12.3 Å². The smallest absolute Gasteiger partial charge is 0.243 e. The Morgan fingerprint density at radius 3 is 2.90 bits per heavy atom. The second kappa shape index (κ2) is 5.97. The highest BCUT2D eigenvalue weighted by Crippen LogP contribution is 2.17. The lowest BCUT2D eigenvalue weighted by molar-refractivity contribution is 0.535. The monoisotopic (exact) mass is 299 g/mol. The van der Waals surface area contributed by atoms with E-state index in [0.29, 0.717) is 13.0 Å². The summed E-state index contributed by atoms with van der Waals surface area (Å²) in [5, 5.41) is 7.38. The maximum atomic E-state index is 13.5. The van der Waals surface area contributed by atoms with Gasteiger partial charge < -0.3 is 5.73 Å². The minimum absolute atomic E-state index is 0.163. The lowest BCUT2D eigenvalue weighted by Gasteiger charge is -2.08. The third-order valence-corrected chi connectivity index (χ3v) is 4.05. The van der Waals surface area contributed by atoms with Crippen LogP contribution in [0.3, 0.4) is 0 Å². The maximum absolute atomic E-state index is 13.5. The van der Waals surface area contributed by atoms with Gasteiger partial charge in [-0.15, -0.1) is 5.10 Å². The number of anilines is 1. The van der Waals surface area contributed by atoms with Gasteiger partial charge in [-0.2, -0.15) is 0 Å². The van der Waals surface area contributed by atoms with E-state index in [-0.39, 0.29) is 12.2 Å². The number of aryl methyl sites for hydroxylation is 1. The number of rotatable bonds is 6. The molecule has 0 atom stereocenters. The van der Waals surface area contributed by atoms with Crippen LogP contribution in [0, 0.1) is 5.82 Å². The fraction of sp³-hybridized carbons (Fsp3) is 0.273. The molecule has 1 heterocycles. The number of nitrogen functional groups attached to an aromatic ring is 1. The van der Waals surface area contributed by atoms with E-state index < -0.39 is 20.7 Å². The molecule has 2 rings (SSSR count). The Morgan fingerprint density at radius 2 is 2.20 bits per heavy atom. The van der Waals surface area contributed by atoms with Gasteiger partial charge in [0.15, 0.2) is 0 Å². The van der Waals surface area contributed by atoms with Crippen molar-refractivity contribution >= 4 is 15.7 Å². The minimum atomic E-state index is -3.90. The van der Waals surface area contributed by atoms with Crippen LogP contribution in [0.1, 0.15) is 6.42 Å². The van der Waals surface area contributed by atoms with E-state index in [2.05, 4.69) is 15.0 Å². The van der Waals surface area contributed by atoms with Gasteiger partial charge in [0.05, 0.1) is 6.20 Å². The number of benzene rings is 1. The third-order valence-electron chi connectivity index (χ3n) is 2.57. The molecule has 0 bridgehead atoms. The molecule has 0 spiro atoms. The average Bonchev–Trinajstić information content (AvgIpc) is 2.90. The Morgan fingerprint density at radius 1 is 1.40 bits per heavy atom. The summed E-state index contributed by atoms with van der Waals surface area (Å²) in [6.45, 7) is 0.679. The summed E-state index contributed by atoms with van der Waals surface area (Å²) in [7, 11) is -3.90. The van der Waals surface area contributed by atoms with Crippen LogP contribution in [0.2, 0.25) is 0 Å². The van der Waals surface area contributed by atoms with Crippen LogP contribution in [0.15, 0.2) is 35.5 Å². The van der Waals surface area contributed by atoms with Crippen LogP contribution in [0.5, 0.6) is 0 Å². The van der Waals surface area contributed by atoms with E-state index in [4.69, 9.17) is 5.73 Å². The first-order valence-electron chi connectivity index (χ1n) is 5.88. The van der Waals surface area contributed by atoms with Crippen molar-refractivity contribution in [3.8, 4) is 0 Å². The van der Waals surface area contributed by atoms with Crippen molar-refractivity contribution < 1.29 is 12.8 Å². The molecule has 0 aliphatic rings. The Bertz CT molecular complexity index is 672. The number of hydrogen-bond acceptors (Lipinski definition) is 5. The quantitative estimate of drug-likeness (QED) is 0.592. The van der Waals surface area contributed by atoms with Crippen molar-refractivity contribution in [2.45, 2.75) is 17.9 Å². The zero-order valence-electron chi connectivity index (χ0n) is 10.5. The highest BCUT2D eigenvalue weighted by molar-refractivity contribution is 7.89. The number of nitrogens with one attached hydrogen (secondary N) is 1. The Hall–Kier alpha value is -2.00. The molecule has 2 aromatic rings. The lowest BCUT2D eigenvalue weighted by Crippen LogP contribution is -2.26. The van der Waals surface area contributed by atoms with Crippen LogP contribution < -0.4 is 10.5 Å². The summed E-state index contributed by atoms with van der Waals surface area (Å²) in [4.78, 5) is -0.446. The van der Waals surface area contributed by atoms with E-state index in [1.54, 1.807) is 10.9 Å². The van der Waals surface area contributed by atoms with E-state index in [0.717, 1.165) is 12.1 Å². The predicted molar refractivity (Wildman–Crippen MR) is 70.6 cm³/mol. The number of nitrogens with two attached hydrogens (primary N) is 1. The van der Waals surface area contributed by atoms with Crippen LogP contribution in [-0.2, 0) is 16.6 Å². The highest BCUT2D eigenvalue weighted by atomic mass is 32.2. The lowest BCUT2D eigenvalue weighted by atomic mass is 10.3. The van der Waals surface area contributed by atoms with Crippen molar-refractivity contribution in [1.82, 2.24) is 19.7 Å². The van der Waals surface area contributed by atoms with Gasteiger partial charge in [0, 0.05) is 25.0 Å². The van der Waals surface area contributed by atoms with Gasteiger partial charge in [-0.05, 0) is 24.6 Å². The summed E-state index contributed by atoms with van der Waals surface area (Å²) in [6, 6.07) is 3.42. The molecule has 0 saturated carbocycles. The molecule has 9 heteroatoms. The molecule has 1 aromatic carbocycles. The van der Waals surface area contributed by atoms with Gasteiger partial charge in [-0.25, -0.2) is 17.5 Å². The Labute approximate surface area is 115 Å². The molecule has 1 aromatic heterocycles. The molecular formula is C11H14FN5O2S. The van der Waals surface area contributed by atoms with Gasteiger partial charge in [-0.3, -0.25) is 4.68 Å². The van der Waals surface area contributed by atoms with Gasteiger partial charge in [0.2, 0.25) is 10.0 Å². The molecular weight excluding hydrogens is 285 g/mol. The molecule has 0 aliphatic heterocycles. The fourth-order valence-corrected chi connectivity index (χ4v) is 2.79. The summed E-state index contributed by atoms with van der Waals surface area (Å²) in [5.74, 6) is -0.831. The minimum Gasteiger partial charge on any atom is -0.399 e. The highest BCUT2D eigenvalue weighted by Gasteiger charge is 2.18. The molecule has 0 amide bonds. The number of halogens is 1. The summed E-state index contributed by atoms with van der Waals surface area (Å²) < 4.78 is 41.3. The first kappa shape index (κ1) is 14.4. The van der Waals surface area contributed by atoms with Crippen molar-refractivity contribution in [3.63, 3.8) is 0 Å². The Balaban J connectivity index is 1.95. The van der Waals surface area contributed by atoms with Gasteiger partial charge in [-0.1, -0.05) is 5.21 Å². The molecule has 0 radical (unpaired) electrons. The second-order valence-corrected chi connectivity index (χ2v) is 5.84. The summed E-state index contributed by atoms with van der Waals surface area (Å²) >= 11 is 0. The number of nitrogens with zero attached hydrogens (tertiary/aromatic N) is 3. The molecule has 0 unspecified atom stereocenters. The number of hydrogen-bond donors (Lipinski definition) is 2. The molecule has 0 fully saturated rings. The van der Waals surface area contributed by atoms with Crippen molar-refractivity contribution in [3.05, 3.63) is 36.4 Å². The fourth-order valence-electron chi connectivity index (χ4n) is 1.60. The number of aromatic nitrogens is 3. The van der Waals surface area contributed by atoms with E-state index in [1.165, 1.54) is 12.3 Å². The molecule has 3 N–H and O–H groups in total. The maximum Gasteiger partial charge on any atom is 0.243 e. The zero-order valence-corrected chi connectivity index (χ0v) is 11.3. The second-order valence-electron chi connectivity index (χ2n) is 4.11. The van der Waals surface area contributed by atoms with Crippen molar-refractivity contribution in [1.29, 1.82) is 0 Å².